The maximum atomic E-state index is 12.7. The Morgan fingerprint density at radius 1 is 1.04 bits per heavy atom. The lowest BCUT2D eigenvalue weighted by atomic mass is 10.0. The fraction of sp³-hybridized carbons (Fsp3) is 0.300. The van der Waals surface area contributed by atoms with Gasteiger partial charge >= 0.3 is 5.97 Å². The second kappa shape index (κ2) is 9.87. The van der Waals surface area contributed by atoms with Gasteiger partial charge < -0.3 is 5.11 Å². The van der Waals surface area contributed by atoms with Gasteiger partial charge in [-0.1, -0.05) is 48.5 Å². The molecule has 0 saturated carbocycles. The maximum Gasteiger partial charge on any atom is 0.328 e. The molecular formula is C20H24N2O3S. The van der Waals surface area contributed by atoms with E-state index in [2.05, 4.69) is 12.6 Å². The van der Waals surface area contributed by atoms with E-state index in [-0.39, 0.29) is 12.3 Å². The fourth-order valence-corrected chi connectivity index (χ4v) is 3.02. The van der Waals surface area contributed by atoms with Crippen molar-refractivity contribution in [3.05, 3.63) is 66.2 Å². The van der Waals surface area contributed by atoms with Crippen LogP contribution in [0, 0.1) is 0 Å². The molecule has 1 atom stereocenters. The Morgan fingerprint density at radius 2 is 1.62 bits per heavy atom. The number of anilines is 1. The number of carboxylic acid groups (broad SMARTS) is 1. The van der Waals surface area contributed by atoms with Crippen molar-refractivity contribution in [2.45, 2.75) is 25.3 Å². The molecule has 5 nitrogen and oxygen atoms in total. The number of carbonyl (C=O) groups is 2. The van der Waals surface area contributed by atoms with Crippen molar-refractivity contribution in [1.29, 1.82) is 0 Å². The van der Waals surface area contributed by atoms with Crippen molar-refractivity contribution >= 4 is 30.2 Å². The Labute approximate surface area is 159 Å². The number of para-hydroxylation sites is 1. The average molecular weight is 372 g/mol. The van der Waals surface area contributed by atoms with Crippen molar-refractivity contribution in [2.75, 3.05) is 17.8 Å². The number of hydrazine groups is 1. The van der Waals surface area contributed by atoms with Crippen LogP contribution in [0.4, 0.5) is 5.69 Å². The van der Waals surface area contributed by atoms with Crippen molar-refractivity contribution < 1.29 is 14.7 Å². The van der Waals surface area contributed by atoms with E-state index in [1.165, 1.54) is 5.01 Å². The molecule has 0 bridgehead atoms. The summed E-state index contributed by atoms with van der Waals surface area (Å²) in [5, 5.41) is 12.8. The molecule has 0 fully saturated rings. The van der Waals surface area contributed by atoms with Crippen molar-refractivity contribution in [3.8, 4) is 0 Å². The smallest absolute Gasteiger partial charge is 0.328 e. The molecule has 1 N–H and O–H groups in total. The number of carboxylic acids is 1. The lowest BCUT2D eigenvalue weighted by Gasteiger charge is -2.37. The Balaban J connectivity index is 2.26. The molecule has 26 heavy (non-hydrogen) atoms. The first-order valence-corrected chi connectivity index (χ1v) is 9.16. The van der Waals surface area contributed by atoms with E-state index < -0.39 is 12.0 Å². The summed E-state index contributed by atoms with van der Waals surface area (Å²) in [6, 6.07) is 18.0. The SMILES string of the molecule is CN(c1ccccc1)N(C(=O)CCS)C(CCc1ccccc1)C(=O)O. The van der Waals surface area contributed by atoms with Gasteiger partial charge in [0, 0.05) is 13.5 Å². The molecule has 0 heterocycles. The molecular weight excluding hydrogens is 348 g/mol. The molecule has 138 valence electrons. The van der Waals surface area contributed by atoms with Gasteiger partial charge in [0.2, 0.25) is 5.91 Å². The van der Waals surface area contributed by atoms with Gasteiger partial charge in [0.05, 0.1) is 5.69 Å². The molecule has 6 heteroatoms. The Morgan fingerprint density at radius 3 is 2.15 bits per heavy atom. The van der Waals surface area contributed by atoms with E-state index >= 15 is 0 Å². The van der Waals surface area contributed by atoms with E-state index in [4.69, 9.17) is 0 Å². The van der Waals surface area contributed by atoms with Gasteiger partial charge in [0.25, 0.3) is 0 Å². The van der Waals surface area contributed by atoms with Gasteiger partial charge in [-0.2, -0.15) is 12.6 Å². The Bertz CT molecular complexity index is 710. The zero-order chi connectivity index (χ0) is 18.9. The number of carbonyl (C=O) groups excluding carboxylic acids is 1. The molecule has 0 aliphatic heterocycles. The monoisotopic (exact) mass is 372 g/mol. The first kappa shape index (κ1) is 19.8. The minimum absolute atomic E-state index is 0.176. The summed E-state index contributed by atoms with van der Waals surface area (Å²) in [6.45, 7) is 0. The van der Waals surface area contributed by atoms with Crippen LogP contribution < -0.4 is 5.01 Å². The summed E-state index contributed by atoms with van der Waals surface area (Å²) in [4.78, 5) is 24.7. The van der Waals surface area contributed by atoms with Crippen molar-refractivity contribution in [1.82, 2.24) is 5.01 Å². The average Bonchev–Trinajstić information content (AvgIpc) is 2.66. The van der Waals surface area contributed by atoms with Crippen LogP contribution in [0.1, 0.15) is 18.4 Å². The fourth-order valence-electron chi connectivity index (χ4n) is 2.83. The maximum absolute atomic E-state index is 12.7. The van der Waals surface area contributed by atoms with E-state index in [9.17, 15) is 14.7 Å². The molecule has 1 unspecified atom stereocenters. The summed E-state index contributed by atoms with van der Waals surface area (Å²) in [6.07, 6.45) is 1.08. The lowest BCUT2D eigenvalue weighted by molar-refractivity contribution is -0.150. The number of hydrogen-bond acceptors (Lipinski definition) is 4. The highest BCUT2D eigenvalue weighted by Gasteiger charge is 2.32. The zero-order valence-electron chi connectivity index (χ0n) is 14.8. The number of aliphatic carboxylic acids is 1. The first-order chi connectivity index (χ1) is 12.5. The van der Waals surface area contributed by atoms with Crippen LogP contribution in [0.15, 0.2) is 60.7 Å². The predicted octanol–water partition coefficient (Wildman–Crippen LogP) is 3.27. The highest BCUT2D eigenvalue weighted by Crippen LogP contribution is 2.20. The molecule has 0 aromatic heterocycles. The summed E-state index contributed by atoms with van der Waals surface area (Å²) in [5.74, 6) is -0.911. The second-order valence-corrected chi connectivity index (χ2v) is 6.40. The van der Waals surface area contributed by atoms with Crippen LogP contribution in [0.2, 0.25) is 0 Å². The van der Waals surface area contributed by atoms with Crippen molar-refractivity contribution in [3.63, 3.8) is 0 Å². The van der Waals surface area contributed by atoms with Crippen LogP contribution in [-0.2, 0) is 16.0 Å². The number of thiol groups is 1. The summed E-state index contributed by atoms with van der Waals surface area (Å²) in [7, 11) is 1.71. The number of nitrogens with zero attached hydrogens (tertiary/aromatic N) is 2. The number of hydrogen-bond donors (Lipinski definition) is 2. The molecule has 2 aromatic carbocycles. The van der Waals surface area contributed by atoms with E-state index in [1.807, 2.05) is 60.7 Å². The number of amides is 1. The standard InChI is InChI=1S/C20H24N2O3S/c1-21(17-10-6-3-7-11-17)22(19(23)14-15-26)18(20(24)25)13-12-16-8-4-2-5-9-16/h2-11,18,26H,12-15H2,1H3,(H,24,25). The third-order valence-corrected chi connectivity index (χ3v) is 4.39. The van der Waals surface area contributed by atoms with Gasteiger partial charge in [-0.25, -0.2) is 9.80 Å². The summed E-state index contributed by atoms with van der Waals surface area (Å²) < 4.78 is 0. The molecule has 2 rings (SSSR count). The largest absolute Gasteiger partial charge is 0.480 e. The topological polar surface area (TPSA) is 60.9 Å². The van der Waals surface area contributed by atoms with E-state index in [0.717, 1.165) is 11.3 Å². The van der Waals surface area contributed by atoms with Gasteiger partial charge in [-0.3, -0.25) is 9.80 Å². The van der Waals surface area contributed by atoms with E-state index in [0.29, 0.717) is 18.6 Å². The first-order valence-electron chi connectivity index (χ1n) is 8.53. The number of rotatable bonds is 9. The molecule has 1 amide bonds. The Hall–Kier alpha value is -2.47. The minimum Gasteiger partial charge on any atom is -0.480 e. The van der Waals surface area contributed by atoms with Gasteiger partial charge in [-0.05, 0) is 36.3 Å². The van der Waals surface area contributed by atoms with Crippen LogP contribution in [0.3, 0.4) is 0 Å². The van der Waals surface area contributed by atoms with Crippen molar-refractivity contribution in [2.24, 2.45) is 0 Å². The van der Waals surface area contributed by atoms with Gasteiger partial charge in [0.1, 0.15) is 0 Å². The summed E-state index contributed by atoms with van der Waals surface area (Å²) in [5.41, 5.74) is 1.80. The Kier molecular flexibility index (Phi) is 7.53. The molecule has 0 saturated heterocycles. The normalized spacial score (nSPS) is 11.6. The lowest BCUT2D eigenvalue weighted by Crippen LogP contribution is -2.54. The quantitative estimate of drug-likeness (QED) is 0.524. The molecule has 0 aliphatic carbocycles. The molecule has 0 spiro atoms. The molecule has 2 aromatic rings. The zero-order valence-corrected chi connectivity index (χ0v) is 15.7. The number of aryl methyl sites for hydroxylation is 1. The van der Waals surface area contributed by atoms with Crippen LogP contribution >= 0.6 is 12.6 Å². The third-order valence-electron chi connectivity index (χ3n) is 4.16. The third kappa shape index (κ3) is 5.26. The molecule has 0 radical (unpaired) electrons. The number of benzene rings is 2. The van der Waals surface area contributed by atoms with Gasteiger partial charge in [0.15, 0.2) is 6.04 Å². The second-order valence-electron chi connectivity index (χ2n) is 5.95. The van der Waals surface area contributed by atoms with Crippen LogP contribution in [-0.4, -0.2) is 40.8 Å². The van der Waals surface area contributed by atoms with Crippen LogP contribution in [0.5, 0.6) is 0 Å². The summed E-state index contributed by atoms with van der Waals surface area (Å²) >= 11 is 4.13. The van der Waals surface area contributed by atoms with Gasteiger partial charge in [-0.15, -0.1) is 0 Å². The minimum atomic E-state index is -1.02. The van der Waals surface area contributed by atoms with Crippen LogP contribution in [0.25, 0.3) is 0 Å². The van der Waals surface area contributed by atoms with E-state index in [1.54, 1.807) is 12.1 Å². The predicted molar refractivity (Wildman–Crippen MR) is 106 cm³/mol. The highest BCUT2D eigenvalue weighted by molar-refractivity contribution is 7.80. The highest BCUT2D eigenvalue weighted by atomic mass is 32.1. The molecule has 0 aliphatic rings.